The monoisotopic (exact) mass is 518 g/mol. The van der Waals surface area contributed by atoms with E-state index in [2.05, 4.69) is 20.4 Å². The predicted octanol–water partition coefficient (Wildman–Crippen LogP) is 8.69. The van der Waals surface area contributed by atoms with Crippen LogP contribution in [0, 0.1) is 13.8 Å². The van der Waals surface area contributed by atoms with Crippen molar-refractivity contribution in [1.29, 1.82) is 0 Å². The van der Waals surface area contributed by atoms with Crippen molar-refractivity contribution >= 4 is 22.8 Å². The first-order valence-electron chi connectivity index (χ1n) is 13.9. The SMILES string of the molecule is CC(C)=NN=C(CCCCCCCCCCC(=NN=C(C)C)c1ccc(C)cc1O)c1ccc(C)cc1O. The van der Waals surface area contributed by atoms with Crippen molar-refractivity contribution < 1.29 is 10.2 Å². The Bertz CT molecular complexity index is 1060. The normalized spacial score (nSPS) is 11.9. The fourth-order valence-electron chi connectivity index (χ4n) is 4.21. The molecule has 6 heteroatoms. The lowest BCUT2D eigenvalue weighted by atomic mass is 9.99. The molecule has 38 heavy (non-hydrogen) atoms. The summed E-state index contributed by atoms with van der Waals surface area (Å²) < 4.78 is 0. The molecule has 0 atom stereocenters. The Labute approximate surface area is 229 Å². The predicted molar refractivity (Wildman–Crippen MR) is 162 cm³/mol. The molecule has 0 aromatic heterocycles. The van der Waals surface area contributed by atoms with E-state index < -0.39 is 0 Å². The van der Waals surface area contributed by atoms with Crippen LogP contribution in [0.1, 0.15) is 114 Å². The summed E-state index contributed by atoms with van der Waals surface area (Å²) in [7, 11) is 0. The number of benzene rings is 2. The van der Waals surface area contributed by atoms with E-state index in [0.29, 0.717) is 0 Å². The van der Waals surface area contributed by atoms with Crippen molar-refractivity contribution in [3.63, 3.8) is 0 Å². The summed E-state index contributed by atoms with van der Waals surface area (Å²) in [6.45, 7) is 11.6. The maximum Gasteiger partial charge on any atom is 0.124 e. The van der Waals surface area contributed by atoms with Crippen molar-refractivity contribution in [2.24, 2.45) is 20.4 Å². The Morgan fingerprint density at radius 2 is 0.868 bits per heavy atom. The van der Waals surface area contributed by atoms with E-state index in [0.717, 1.165) is 83.6 Å². The summed E-state index contributed by atoms with van der Waals surface area (Å²) in [5, 5.41) is 38.1. The molecule has 0 amide bonds. The topological polar surface area (TPSA) is 89.9 Å². The van der Waals surface area contributed by atoms with Gasteiger partial charge in [0.15, 0.2) is 0 Å². The lowest BCUT2D eigenvalue weighted by Crippen LogP contribution is -2.02. The molecular formula is C32H46N4O2. The van der Waals surface area contributed by atoms with Crippen molar-refractivity contribution in [2.75, 3.05) is 0 Å². The molecule has 0 spiro atoms. The van der Waals surface area contributed by atoms with Crippen LogP contribution < -0.4 is 0 Å². The van der Waals surface area contributed by atoms with E-state index in [1.54, 1.807) is 12.1 Å². The van der Waals surface area contributed by atoms with Crippen LogP contribution in [0.4, 0.5) is 0 Å². The van der Waals surface area contributed by atoms with Gasteiger partial charge in [0.05, 0.1) is 11.4 Å². The van der Waals surface area contributed by atoms with Gasteiger partial charge in [-0.1, -0.05) is 50.7 Å². The molecule has 206 valence electrons. The number of hydrogen-bond donors (Lipinski definition) is 2. The van der Waals surface area contributed by atoms with Crippen LogP contribution in [-0.2, 0) is 0 Å². The van der Waals surface area contributed by atoms with E-state index in [9.17, 15) is 10.2 Å². The molecule has 0 unspecified atom stereocenters. The number of nitrogens with zero attached hydrogens (tertiary/aromatic N) is 4. The summed E-state index contributed by atoms with van der Waals surface area (Å²) in [6, 6.07) is 11.5. The highest BCUT2D eigenvalue weighted by Crippen LogP contribution is 2.24. The Morgan fingerprint density at radius 3 is 1.18 bits per heavy atom. The Hall–Kier alpha value is -3.28. The molecular weight excluding hydrogens is 472 g/mol. The lowest BCUT2D eigenvalue weighted by molar-refractivity contribution is 0.472. The summed E-state index contributed by atoms with van der Waals surface area (Å²) in [6.07, 6.45) is 10.8. The zero-order valence-electron chi connectivity index (χ0n) is 24.2. The number of phenolic OH excluding ortho intramolecular Hbond substituents is 2. The average Bonchev–Trinajstić information content (AvgIpc) is 2.84. The van der Waals surface area contributed by atoms with Crippen molar-refractivity contribution in [3.8, 4) is 11.5 Å². The van der Waals surface area contributed by atoms with Gasteiger partial charge < -0.3 is 10.2 Å². The fraction of sp³-hybridized carbons (Fsp3) is 0.500. The van der Waals surface area contributed by atoms with Crippen LogP contribution in [0.25, 0.3) is 0 Å². The molecule has 2 aromatic carbocycles. The molecule has 0 radical (unpaired) electrons. The molecule has 6 nitrogen and oxygen atoms in total. The van der Waals surface area contributed by atoms with E-state index in [-0.39, 0.29) is 11.5 Å². The maximum absolute atomic E-state index is 10.4. The molecule has 2 N–H and O–H groups in total. The third kappa shape index (κ3) is 11.4. The van der Waals surface area contributed by atoms with Crippen LogP contribution in [0.15, 0.2) is 56.8 Å². The molecule has 2 rings (SSSR count). The average molecular weight is 519 g/mol. The highest BCUT2D eigenvalue weighted by Gasteiger charge is 2.11. The highest BCUT2D eigenvalue weighted by atomic mass is 16.3. The summed E-state index contributed by atoms with van der Waals surface area (Å²) in [5.74, 6) is 0.547. The van der Waals surface area contributed by atoms with Crippen LogP contribution in [0.3, 0.4) is 0 Å². The van der Waals surface area contributed by atoms with Crippen LogP contribution in [0.2, 0.25) is 0 Å². The van der Waals surface area contributed by atoms with Gasteiger partial charge in [-0.05, 0) is 103 Å². The second-order valence-corrected chi connectivity index (χ2v) is 10.6. The number of rotatable bonds is 15. The van der Waals surface area contributed by atoms with Crippen molar-refractivity contribution in [2.45, 2.75) is 106 Å². The van der Waals surface area contributed by atoms with Gasteiger partial charge in [0.25, 0.3) is 0 Å². The maximum atomic E-state index is 10.4. The number of aryl methyl sites for hydroxylation is 2. The number of phenols is 2. The molecule has 0 aliphatic carbocycles. The zero-order chi connectivity index (χ0) is 27.9. The summed E-state index contributed by atoms with van der Waals surface area (Å²) in [5.41, 5.74) is 7.12. The van der Waals surface area contributed by atoms with E-state index in [1.165, 1.54) is 25.7 Å². The largest absolute Gasteiger partial charge is 0.507 e. The molecule has 0 saturated carbocycles. The molecule has 0 heterocycles. The fourth-order valence-corrected chi connectivity index (χ4v) is 4.21. The molecule has 0 bridgehead atoms. The van der Waals surface area contributed by atoms with Gasteiger partial charge >= 0.3 is 0 Å². The number of hydrogen-bond acceptors (Lipinski definition) is 6. The van der Waals surface area contributed by atoms with Gasteiger partial charge in [-0.15, -0.1) is 0 Å². The lowest BCUT2D eigenvalue weighted by Gasteiger charge is -2.09. The minimum atomic E-state index is 0.273. The van der Waals surface area contributed by atoms with Gasteiger partial charge in [-0.3, -0.25) is 0 Å². The third-order valence-corrected chi connectivity index (χ3v) is 6.25. The first kappa shape index (κ1) is 30.9. The van der Waals surface area contributed by atoms with E-state index >= 15 is 0 Å². The molecule has 0 fully saturated rings. The molecule has 0 aliphatic rings. The van der Waals surface area contributed by atoms with Gasteiger partial charge in [-0.25, -0.2) is 0 Å². The number of aromatic hydroxyl groups is 2. The van der Waals surface area contributed by atoms with Crippen LogP contribution in [0.5, 0.6) is 11.5 Å². The first-order valence-corrected chi connectivity index (χ1v) is 13.9. The molecule has 2 aromatic rings. The van der Waals surface area contributed by atoms with Crippen LogP contribution >= 0.6 is 0 Å². The zero-order valence-corrected chi connectivity index (χ0v) is 24.2. The molecule has 0 saturated heterocycles. The summed E-state index contributed by atoms with van der Waals surface area (Å²) >= 11 is 0. The number of unbranched alkanes of at least 4 members (excludes halogenated alkanes) is 7. The van der Waals surface area contributed by atoms with Gasteiger partial charge in [0.2, 0.25) is 0 Å². The van der Waals surface area contributed by atoms with E-state index in [4.69, 9.17) is 0 Å². The first-order chi connectivity index (χ1) is 18.2. The smallest absolute Gasteiger partial charge is 0.124 e. The summed E-state index contributed by atoms with van der Waals surface area (Å²) in [4.78, 5) is 0. The van der Waals surface area contributed by atoms with Gasteiger partial charge in [0.1, 0.15) is 11.5 Å². The Morgan fingerprint density at radius 1 is 0.526 bits per heavy atom. The second kappa shape index (κ2) is 16.5. The second-order valence-electron chi connectivity index (χ2n) is 10.6. The van der Waals surface area contributed by atoms with Gasteiger partial charge in [-0.2, -0.15) is 20.4 Å². The third-order valence-electron chi connectivity index (χ3n) is 6.25. The minimum absolute atomic E-state index is 0.273. The van der Waals surface area contributed by atoms with Crippen molar-refractivity contribution in [1.82, 2.24) is 0 Å². The Balaban J connectivity index is 1.74. The minimum Gasteiger partial charge on any atom is -0.507 e. The Kier molecular flexibility index (Phi) is 13.5. The molecule has 0 aliphatic heterocycles. The van der Waals surface area contributed by atoms with E-state index in [1.807, 2.05) is 65.8 Å². The highest BCUT2D eigenvalue weighted by molar-refractivity contribution is 6.03. The van der Waals surface area contributed by atoms with Crippen molar-refractivity contribution in [3.05, 3.63) is 58.7 Å². The standard InChI is InChI=1S/C32H46N4O2/c1-23(2)33-35-29(27-19-17-25(5)21-31(27)37)15-13-11-9-7-8-10-12-14-16-30(36-34-24(3)4)28-20-18-26(6)22-32(28)38/h17-22,37-38H,7-16H2,1-6H3. The quantitative estimate of drug-likeness (QED) is 0.140. The van der Waals surface area contributed by atoms with Crippen LogP contribution in [-0.4, -0.2) is 33.1 Å². The van der Waals surface area contributed by atoms with Gasteiger partial charge in [0, 0.05) is 22.6 Å².